The Morgan fingerprint density at radius 1 is 1.21 bits per heavy atom. The predicted octanol–water partition coefficient (Wildman–Crippen LogP) is 2.02. The number of anilines is 1. The second-order valence-electron chi connectivity index (χ2n) is 5.24. The monoisotopic (exact) mass is 326 g/mol. The van der Waals surface area contributed by atoms with Crippen LogP contribution in [0.4, 0.5) is 10.2 Å². The molecule has 122 valence electrons. The van der Waals surface area contributed by atoms with Gasteiger partial charge in [0, 0.05) is 24.9 Å². The van der Waals surface area contributed by atoms with Crippen molar-refractivity contribution >= 4 is 11.7 Å². The zero-order valence-electron chi connectivity index (χ0n) is 12.9. The van der Waals surface area contributed by atoms with Crippen molar-refractivity contribution in [2.45, 2.75) is 6.54 Å². The van der Waals surface area contributed by atoms with Gasteiger partial charge >= 0.3 is 0 Å². The molecule has 0 aliphatic rings. The van der Waals surface area contributed by atoms with E-state index in [-0.39, 0.29) is 12.1 Å². The molecule has 3 aromatic rings. The minimum absolute atomic E-state index is 0.0185. The Balaban J connectivity index is 1.88. The summed E-state index contributed by atoms with van der Waals surface area (Å²) in [6.07, 6.45) is 3.06. The molecule has 3 rings (SSSR count). The van der Waals surface area contributed by atoms with Gasteiger partial charge in [-0.15, -0.1) is 0 Å². The Morgan fingerprint density at radius 2 is 2.00 bits per heavy atom. The molecule has 6 nitrogen and oxygen atoms in total. The summed E-state index contributed by atoms with van der Waals surface area (Å²) in [7, 11) is 1.68. The lowest BCUT2D eigenvalue weighted by Crippen LogP contribution is -2.29. The molecule has 0 saturated heterocycles. The van der Waals surface area contributed by atoms with Crippen molar-refractivity contribution in [1.82, 2.24) is 14.3 Å². The number of benzene rings is 1. The van der Waals surface area contributed by atoms with Gasteiger partial charge in [-0.3, -0.25) is 14.3 Å². The normalized spacial score (nSPS) is 10.6. The van der Waals surface area contributed by atoms with Crippen molar-refractivity contribution in [3.05, 3.63) is 82.2 Å². The standard InChI is InChI=1S/C17H15FN4O2/c1-21-15(8-9-19-21)20-16(23)13-6-4-10-22(17(13)24)11-12-5-2-3-7-14(12)18/h2-10H,11H2,1H3,(H,20,23). The van der Waals surface area contributed by atoms with Crippen molar-refractivity contribution in [3.8, 4) is 0 Å². The molecule has 24 heavy (non-hydrogen) atoms. The third-order valence-corrected chi connectivity index (χ3v) is 3.63. The van der Waals surface area contributed by atoms with Crippen molar-refractivity contribution in [3.63, 3.8) is 0 Å². The van der Waals surface area contributed by atoms with Crippen LogP contribution in [0.15, 0.2) is 59.7 Å². The Morgan fingerprint density at radius 3 is 2.71 bits per heavy atom. The fourth-order valence-corrected chi connectivity index (χ4v) is 2.32. The van der Waals surface area contributed by atoms with E-state index in [1.165, 1.54) is 33.8 Å². The lowest BCUT2D eigenvalue weighted by molar-refractivity contribution is 0.102. The molecule has 1 N–H and O–H groups in total. The molecule has 0 radical (unpaired) electrons. The molecule has 1 aromatic carbocycles. The number of carbonyl (C=O) groups is 1. The molecule has 2 heterocycles. The lowest BCUT2D eigenvalue weighted by Gasteiger charge is -2.09. The summed E-state index contributed by atoms with van der Waals surface area (Å²) in [6.45, 7) is 0.0539. The van der Waals surface area contributed by atoms with E-state index in [0.717, 1.165) is 0 Å². The van der Waals surface area contributed by atoms with Crippen LogP contribution in [-0.4, -0.2) is 20.3 Å². The number of hydrogen-bond donors (Lipinski definition) is 1. The average molecular weight is 326 g/mol. The van der Waals surface area contributed by atoms with Crippen molar-refractivity contribution in [2.24, 2.45) is 7.05 Å². The van der Waals surface area contributed by atoms with Crippen LogP contribution in [0, 0.1) is 5.82 Å². The summed E-state index contributed by atoms with van der Waals surface area (Å²) in [4.78, 5) is 24.8. The van der Waals surface area contributed by atoms with Gasteiger partial charge in [-0.05, 0) is 18.2 Å². The van der Waals surface area contributed by atoms with Crippen LogP contribution in [0.2, 0.25) is 0 Å². The van der Waals surface area contributed by atoms with Crippen molar-refractivity contribution < 1.29 is 9.18 Å². The predicted molar refractivity (Wildman–Crippen MR) is 87.4 cm³/mol. The van der Waals surface area contributed by atoms with Crippen LogP contribution >= 0.6 is 0 Å². The third kappa shape index (κ3) is 3.10. The molecule has 0 aliphatic heterocycles. The van der Waals surface area contributed by atoms with Gasteiger partial charge in [-0.2, -0.15) is 5.10 Å². The molecule has 2 aromatic heterocycles. The molecule has 7 heteroatoms. The number of aromatic nitrogens is 3. The number of pyridine rings is 1. The Kier molecular flexibility index (Phi) is 4.24. The number of nitrogens with one attached hydrogen (secondary N) is 1. The fourth-order valence-electron chi connectivity index (χ4n) is 2.32. The SMILES string of the molecule is Cn1nccc1NC(=O)c1cccn(Cc2ccccc2F)c1=O. The van der Waals surface area contributed by atoms with E-state index >= 15 is 0 Å². The van der Waals surface area contributed by atoms with E-state index in [2.05, 4.69) is 10.4 Å². The maximum atomic E-state index is 13.8. The van der Waals surface area contributed by atoms with Gasteiger partial charge in [0.05, 0.1) is 12.7 Å². The molecule has 0 saturated carbocycles. The molecular formula is C17H15FN4O2. The van der Waals surface area contributed by atoms with Crippen LogP contribution in [0.5, 0.6) is 0 Å². The summed E-state index contributed by atoms with van der Waals surface area (Å²) < 4.78 is 16.5. The number of hydrogen-bond acceptors (Lipinski definition) is 3. The van der Waals surface area contributed by atoms with Crippen LogP contribution in [0.25, 0.3) is 0 Å². The second kappa shape index (κ2) is 6.49. The number of rotatable bonds is 4. The number of amides is 1. The van der Waals surface area contributed by atoms with Crippen LogP contribution in [-0.2, 0) is 13.6 Å². The first-order chi connectivity index (χ1) is 11.6. The third-order valence-electron chi connectivity index (χ3n) is 3.63. The van der Waals surface area contributed by atoms with Gasteiger partial charge in [0.1, 0.15) is 17.2 Å². The number of carbonyl (C=O) groups excluding carboxylic acids is 1. The first-order valence-electron chi connectivity index (χ1n) is 7.28. The van der Waals surface area contributed by atoms with Gasteiger partial charge in [0.25, 0.3) is 11.5 Å². The fraction of sp³-hybridized carbons (Fsp3) is 0.118. The summed E-state index contributed by atoms with van der Waals surface area (Å²) in [5.74, 6) is -0.454. The zero-order valence-corrected chi connectivity index (χ0v) is 12.9. The molecule has 0 atom stereocenters. The molecule has 1 amide bonds. The smallest absolute Gasteiger partial charge is 0.263 e. The molecule has 0 spiro atoms. The molecule has 0 fully saturated rings. The molecule has 0 unspecified atom stereocenters. The number of halogens is 1. The van der Waals surface area contributed by atoms with Crippen molar-refractivity contribution in [1.29, 1.82) is 0 Å². The first kappa shape index (κ1) is 15.7. The summed E-state index contributed by atoms with van der Waals surface area (Å²) >= 11 is 0. The average Bonchev–Trinajstić information content (AvgIpc) is 2.96. The lowest BCUT2D eigenvalue weighted by atomic mass is 10.2. The molecular weight excluding hydrogens is 311 g/mol. The van der Waals surface area contributed by atoms with Gasteiger partial charge in [0.15, 0.2) is 0 Å². The highest BCUT2D eigenvalue weighted by molar-refractivity contribution is 6.03. The zero-order chi connectivity index (χ0) is 17.1. The minimum Gasteiger partial charge on any atom is -0.310 e. The van der Waals surface area contributed by atoms with Crippen LogP contribution < -0.4 is 10.9 Å². The van der Waals surface area contributed by atoms with Gasteiger partial charge in [-0.25, -0.2) is 4.39 Å². The molecule has 0 bridgehead atoms. The maximum Gasteiger partial charge on any atom is 0.263 e. The highest BCUT2D eigenvalue weighted by atomic mass is 19.1. The van der Waals surface area contributed by atoms with Gasteiger partial charge < -0.3 is 9.88 Å². The van der Waals surface area contributed by atoms with E-state index in [0.29, 0.717) is 11.4 Å². The van der Waals surface area contributed by atoms with Crippen LogP contribution in [0.3, 0.4) is 0 Å². The van der Waals surface area contributed by atoms with E-state index in [4.69, 9.17) is 0 Å². The Bertz CT molecular complexity index is 946. The Hall–Kier alpha value is -3.22. The largest absolute Gasteiger partial charge is 0.310 e. The van der Waals surface area contributed by atoms with E-state index in [1.807, 2.05) is 0 Å². The first-order valence-corrected chi connectivity index (χ1v) is 7.28. The van der Waals surface area contributed by atoms with Gasteiger partial charge in [0.2, 0.25) is 0 Å². The number of nitrogens with zero attached hydrogens (tertiary/aromatic N) is 3. The van der Waals surface area contributed by atoms with Crippen LogP contribution in [0.1, 0.15) is 15.9 Å². The van der Waals surface area contributed by atoms with E-state index in [9.17, 15) is 14.0 Å². The number of aryl methyl sites for hydroxylation is 1. The quantitative estimate of drug-likeness (QED) is 0.797. The summed E-state index contributed by atoms with van der Waals surface area (Å²) in [5, 5.41) is 6.57. The summed E-state index contributed by atoms with van der Waals surface area (Å²) in [6, 6.07) is 10.9. The minimum atomic E-state index is -0.536. The maximum absolute atomic E-state index is 13.8. The second-order valence-corrected chi connectivity index (χ2v) is 5.24. The summed E-state index contributed by atoms with van der Waals surface area (Å²) in [5.41, 5.74) is -0.126. The highest BCUT2D eigenvalue weighted by Crippen LogP contribution is 2.09. The van der Waals surface area contributed by atoms with E-state index in [1.54, 1.807) is 37.4 Å². The van der Waals surface area contributed by atoms with E-state index < -0.39 is 17.3 Å². The highest BCUT2D eigenvalue weighted by Gasteiger charge is 2.14. The van der Waals surface area contributed by atoms with Gasteiger partial charge in [-0.1, -0.05) is 18.2 Å². The topological polar surface area (TPSA) is 68.9 Å². The molecule has 0 aliphatic carbocycles. The van der Waals surface area contributed by atoms with Crippen molar-refractivity contribution in [2.75, 3.05) is 5.32 Å². The Labute approximate surface area is 137 Å².